The van der Waals surface area contributed by atoms with Gasteiger partial charge in [-0.3, -0.25) is 4.90 Å². The molecule has 3 rings (SSSR count). The number of hydrogen-bond acceptors (Lipinski definition) is 5. The Morgan fingerprint density at radius 1 is 1.12 bits per heavy atom. The van der Waals surface area contributed by atoms with E-state index in [0.29, 0.717) is 17.0 Å². The Kier molecular flexibility index (Phi) is 3.06. The summed E-state index contributed by atoms with van der Waals surface area (Å²) in [7, 11) is 0. The number of rotatable bonds is 1. The zero-order valence-corrected chi connectivity index (χ0v) is 10.8. The van der Waals surface area contributed by atoms with Gasteiger partial charge in [0.1, 0.15) is 0 Å². The van der Waals surface area contributed by atoms with Crippen molar-refractivity contribution in [3.63, 3.8) is 0 Å². The summed E-state index contributed by atoms with van der Waals surface area (Å²) in [5.74, 6) is 0.665. The van der Waals surface area contributed by atoms with E-state index in [-0.39, 0.29) is 5.28 Å². The first-order valence-corrected chi connectivity index (χ1v) is 6.54. The number of anilines is 1. The highest BCUT2D eigenvalue weighted by Crippen LogP contribution is 2.27. The van der Waals surface area contributed by atoms with Crippen LogP contribution in [0.3, 0.4) is 0 Å². The molecule has 1 unspecified atom stereocenters. The first-order chi connectivity index (χ1) is 8.24. The van der Waals surface area contributed by atoms with Crippen molar-refractivity contribution < 1.29 is 0 Å². The normalized spacial score (nSPS) is 25.1. The first kappa shape index (κ1) is 11.4. The molecule has 2 fully saturated rings. The maximum Gasteiger partial charge on any atom is 0.245 e. The lowest BCUT2D eigenvalue weighted by molar-refractivity contribution is 0.230. The van der Waals surface area contributed by atoms with E-state index >= 15 is 0 Å². The molecular formula is C10H13Cl2N5. The number of aromatic nitrogens is 3. The number of nitrogens with zero attached hydrogens (tertiary/aromatic N) is 5. The van der Waals surface area contributed by atoms with Crippen LogP contribution in [-0.2, 0) is 0 Å². The molecule has 2 aliphatic heterocycles. The van der Waals surface area contributed by atoms with Gasteiger partial charge in [0.05, 0.1) is 0 Å². The van der Waals surface area contributed by atoms with Gasteiger partial charge in [0.25, 0.3) is 0 Å². The third-order valence-corrected chi connectivity index (χ3v) is 3.89. The number of halogens is 2. The van der Waals surface area contributed by atoms with Crippen molar-refractivity contribution in [2.24, 2.45) is 0 Å². The Labute approximate surface area is 110 Å². The van der Waals surface area contributed by atoms with Crippen molar-refractivity contribution >= 4 is 29.0 Å². The number of fused-ring (bicyclic) bond motifs is 1. The summed E-state index contributed by atoms with van der Waals surface area (Å²) < 4.78 is 0. The van der Waals surface area contributed by atoms with E-state index in [1.165, 1.54) is 19.4 Å². The fourth-order valence-electron chi connectivity index (χ4n) is 2.67. The molecule has 92 valence electrons. The molecule has 0 aromatic carbocycles. The van der Waals surface area contributed by atoms with Gasteiger partial charge in [-0.2, -0.15) is 4.98 Å². The highest BCUT2D eigenvalue weighted by Gasteiger charge is 2.32. The van der Waals surface area contributed by atoms with Gasteiger partial charge < -0.3 is 4.90 Å². The molecule has 0 amide bonds. The van der Waals surface area contributed by atoms with Crippen molar-refractivity contribution in [1.29, 1.82) is 0 Å². The summed E-state index contributed by atoms with van der Waals surface area (Å²) in [6, 6.07) is 0.619. The van der Waals surface area contributed by atoms with Gasteiger partial charge in [-0.15, -0.1) is 10.2 Å². The Balaban J connectivity index is 1.82. The molecule has 0 bridgehead atoms. The van der Waals surface area contributed by atoms with Crippen LogP contribution in [0.4, 0.5) is 5.82 Å². The van der Waals surface area contributed by atoms with E-state index in [1.54, 1.807) is 0 Å². The van der Waals surface area contributed by atoms with Crippen molar-refractivity contribution in [3.8, 4) is 0 Å². The summed E-state index contributed by atoms with van der Waals surface area (Å²) in [5.41, 5.74) is 0. The molecule has 5 nitrogen and oxygen atoms in total. The van der Waals surface area contributed by atoms with Gasteiger partial charge in [-0.1, -0.05) is 11.6 Å². The highest BCUT2D eigenvalue weighted by molar-refractivity contribution is 6.32. The Morgan fingerprint density at radius 3 is 2.88 bits per heavy atom. The molecule has 0 saturated carbocycles. The van der Waals surface area contributed by atoms with Gasteiger partial charge in [0.15, 0.2) is 11.0 Å². The Morgan fingerprint density at radius 2 is 2.00 bits per heavy atom. The molecule has 2 saturated heterocycles. The molecule has 0 spiro atoms. The molecule has 3 heterocycles. The topological polar surface area (TPSA) is 45.2 Å². The van der Waals surface area contributed by atoms with Crippen LogP contribution in [0.25, 0.3) is 0 Å². The lowest BCUT2D eigenvalue weighted by Crippen LogP contribution is -2.50. The van der Waals surface area contributed by atoms with Crippen LogP contribution in [0.2, 0.25) is 10.4 Å². The zero-order chi connectivity index (χ0) is 11.8. The van der Waals surface area contributed by atoms with Crippen LogP contribution in [0.5, 0.6) is 0 Å². The maximum atomic E-state index is 6.02. The standard InChI is InChI=1S/C10H13Cl2N5/c11-8-9(13-10(12)15-14-8)17-5-4-16-3-1-2-7(16)6-17/h7H,1-6H2. The fraction of sp³-hybridized carbons (Fsp3) is 0.700. The summed E-state index contributed by atoms with van der Waals surface area (Å²) in [6.07, 6.45) is 2.54. The van der Waals surface area contributed by atoms with Crippen LogP contribution in [-0.4, -0.2) is 52.3 Å². The van der Waals surface area contributed by atoms with E-state index in [0.717, 1.165) is 19.6 Å². The molecule has 1 atom stereocenters. The Hall–Kier alpha value is -0.650. The molecule has 0 N–H and O–H groups in total. The van der Waals surface area contributed by atoms with Crippen LogP contribution in [0.15, 0.2) is 0 Å². The highest BCUT2D eigenvalue weighted by atomic mass is 35.5. The second-order valence-corrected chi connectivity index (χ2v) is 5.17. The second-order valence-electron chi connectivity index (χ2n) is 4.47. The van der Waals surface area contributed by atoms with Gasteiger partial charge in [0, 0.05) is 25.7 Å². The third-order valence-electron chi connectivity index (χ3n) is 3.49. The predicted molar refractivity (Wildman–Crippen MR) is 66.7 cm³/mol. The van der Waals surface area contributed by atoms with Crippen molar-refractivity contribution in [2.75, 3.05) is 31.1 Å². The maximum absolute atomic E-state index is 6.02. The summed E-state index contributed by atoms with van der Waals surface area (Å²) in [6.45, 7) is 4.15. The monoisotopic (exact) mass is 273 g/mol. The lowest BCUT2D eigenvalue weighted by atomic mass is 10.1. The largest absolute Gasteiger partial charge is 0.351 e. The fourth-order valence-corrected chi connectivity index (χ4v) is 2.99. The van der Waals surface area contributed by atoms with Crippen molar-refractivity contribution in [2.45, 2.75) is 18.9 Å². The molecule has 17 heavy (non-hydrogen) atoms. The lowest BCUT2D eigenvalue weighted by Gasteiger charge is -2.38. The summed E-state index contributed by atoms with van der Waals surface area (Å²) in [5, 5.41) is 7.93. The van der Waals surface area contributed by atoms with E-state index in [9.17, 15) is 0 Å². The van der Waals surface area contributed by atoms with Crippen molar-refractivity contribution in [3.05, 3.63) is 10.4 Å². The SMILES string of the molecule is Clc1nnc(Cl)c(N2CCN3CCCC3C2)n1. The average Bonchev–Trinajstić information content (AvgIpc) is 2.79. The van der Waals surface area contributed by atoms with Crippen LogP contribution < -0.4 is 4.90 Å². The molecule has 0 radical (unpaired) electrons. The zero-order valence-electron chi connectivity index (χ0n) is 9.31. The van der Waals surface area contributed by atoms with E-state index in [2.05, 4.69) is 25.0 Å². The van der Waals surface area contributed by atoms with Gasteiger partial charge >= 0.3 is 0 Å². The third kappa shape index (κ3) is 2.19. The van der Waals surface area contributed by atoms with Crippen LogP contribution >= 0.6 is 23.2 Å². The molecule has 1 aromatic rings. The van der Waals surface area contributed by atoms with Crippen molar-refractivity contribution in [1.82, 2.24) is 20.1 Å². The number of hydrogen-bond donors (Lipinski definition) is 0. The minimum atomic E-state index is 0.151. The molecule has 0 aliphatic carbocycles. The summed E-state index contributed by atoms with van der Waals surface area (Å²) in [4.78, 5) is 8.87. The minimum Gasteiger partial charge on any atom is -0.351 e. The van der Waals surface area contributed by atoms with Gasteiger partial charge in [0.2, 0.25) is 5.28 Å². The van der Waals surface area contributed by atoms with E-state index in [4.69, 9.17) is 23.2 Å². The van der Waals surface area contributed by atoms with Gasteiger partial charge in [-0.05, 0) is 31.0 Å². The molecule has 2 aliphatic rings. The average molecular weight is 274 g/mol. The smallest absolute Gasteiger partial charge is 0.245 e. The second kappa shape index (κ2) is 4.55. The van der Waals surface area contributed by atoms with E-state index < -0.39 is 0 Å². The number of piperazine rings is 1. The van der Waals surface area contributed by atoms with Crippen LogP contribution in [0, 0.1) is 0 Å². The quantitative estimate of drug-likeness (QED) is 0.775. The predicted octanol–water partition coefficient (Wildman–Crippen LogP) is 1.46. The summed E-state index contributed by atoms with van der Waals surface area (Å²) >= 11 is 11.8. The molecule has 7 heteroatoms. The first-order valence-electron chi connectivity index (χ1n) is 5.79. The van der Waals surface area contributed by atoms with Gasteiger partial charge in [-0.25, -0.2) is 0 Å². The molecule has 1 aromatic heterocycles. The molecular weight excluding hydrogens is 261 g/mol. The van der Waals surface area contributed by atoms with E-state index in [1.807, 2.05) is 0 Å². The van der Waals surface area contributed by atoms with Crippen LogP contribution in [0.1, 0.15) is 12.8 Å². The minimum absolute atomic E-state index is 0.151. The Bertz CT molecular complexity index is 427.